The molecule has 1 saturated heterocycles. The van der Waals surface area contributed by atoms with Gasteiger partial charge in [-0.05, 0) is 45.8 Å². The molecule has 0 spiro atoms. The topological polar surface area (TPSA) is 46.2 Å². The summed E-state index contributed by atoms with van der Waals surface area (Å²) in [4.78, 5) is 1.09. The minimum absolute atomic E-state index is 0.0439. The third-order valence-electron chi connectivity index (χ3n) is 9.07. The van der Waals surface area contributed by atoms with Crippen molar-refractivity contribution in [1.29, 1.82) is 0 Å². The maximum absolute atomic E-state index is 6.89. The summed E-state index contributed by atoms with van der Waals surface area (Å²) < 4.78 is 33.5. The third-order valence-corrected chi connectivity index (χ3v) is 10.2. The van der Waals surface area contributed by atoms with Crippen LogP contribution >= 0.6 is 11.3 Å². The number of hydrogen-bond donors (Lipinski definition) is 0. The summed E-state index contributed by atoms with van der Waals surface area (Å²) in [5, 5.41) is 1.20. The van der Waals surface area contributed by atoms with Crippen molar-refractivity contribution in [3.63, 3.8) is 0 Å². The molecule has 0 N–H and O–H groups in total. The van der Waals surface area contributed by atoms with Gasteiger partial charge >= 0.3 is 0 Å². The van der Waals surface area contributed by atoms with Crippen LogP contribution in [0.1, 0.15) is 51.6 Å². The van der Waals surface area contributed by atoms with Gasteiger partial charge in [-0.1, -0.05) is 116 Å². The Morgan fingerprint density at radius 3 is 2.04 bits per heavy atom. The van der Waals surface area contributed by atoms with Crippen LogP contribution in [0, 0.1) is 0 Å². The Kier molecular flexibility index (Phi) is 11.0. The summed E-state index contributed by atoms with van der Waals surface area (Å²) in [5.74, 6) is 1.42. The average Bonchev–Trinajstić information content (AvgIpc) is 3.61. The highest BCUT2D eigenvalue weighted by Gasteiger charge is 2.34. The van der Waals surface area contributed by atoms with Gasteiger partial charge in [-0.25, -0.2) is 0 Å². The molecule has 254 valence electrons. The van der Waals surface area contributed by atoms with Gasteiger partial charge in [0.25, 0.3) is 0 Å². The second-order valence-electron chi connectivity index (χ2n) is 12.6. The molecule has 3 unspecified atom stereocenters. The monoisotopic (exact) mass is 682 g/mol. The van der Waals surface area contributed by atoms with Crippen molar-refractivity contribution in [2.24, 2.45) is 0 Å². The summed E-state index contributed by atoms with van der Waals surface area (Å²) in [5.41, 5.74) is 6.11. The van der Waals surface area contributed by atoms with Crippen LogP contribution < -0.4 is 9.47 Å². The fourth-order valence-corrected chi connectivity index (χ4v) is 7.49. The van der Waals surface area contributed by atoms with Crippen LogP contribution in [0.5, 0.6) is 11.5 Å². The van der Waals surface area contributed by atoms with Crippen molar-refractivity contribution >= 4 is 27.0 Å². The number of rotatable bonds is 14. The van der Waals surface area contributed by atoms with E-state index in [-0.39, 0.29) is 18.3 Å². The van der Waals surface area contributed by atoms with Crippen molar-refractivity contribution in [3.05, 3.63) is 173 Å². The highest BCUT2D eigenvalue weighted by molar-refractivity contribution is 7.20. The summed E-state index contributed by atoms with van der Waals surface area (Å²) in [6, 6.07) is 45.5. The molecule has 5 nitrogen and oxygen atoms in total. The van der Waals surface area contributed by atoms with Crippen LogP contribution in [0.2, 0.25) is 0 Å². The van der Waals surface area contributed by atoms with E-state index in [9.17, 15) is 0 Å². The lowest BCUT2D eigenvalue weighted by atomic mass is 9.92. The van der Waals surface area contributed by atoms with E-state index >= 15 is 0 Å². The van der Waals surface area contributed by atoms with E-state index in [4.69, 9.17) is 23.7 Å². The van der Waals surface area contributed by atoms with Crippen molar-refractivity contribution in [1.82, 2.24) is 0 Å². The Balaban J connectivity index is 1.21. The second kappa shape index (κ2) is 16.3. The number of fused-ring (bicyclic) bond motifs is 1. The van der Waals surface area contributed by atoms with Gasteiger partial charge in [0.1, 0.15) is 18.1 Å². The van der Waals surface area contributed by atoms with Gasteiger partial charge in [-0.3, -0.25) is 0 Å². The molecule has 0 radical (unpaired) electrons. The summed E-state index contributed by atoms with van der Waals surface area (Å²) >= 11 is 1.73. The molecule has 0 bridgehead atoms. The molecule has 1 fully saturated rings. The molecule has 3 atom stereocenters. The Bertz CT molecular complexity index is 1960. The lowest BCUT2D eigenvalue weighted by Crippen LogP contribution is -2.36. The number of ether oxygens (including phenoxy) is 5. The largest absolute Gasteiger partial charge is 0.496 e. The molecule has 1 aromatic heterocycles. The number of thiophene rings is 1. The highest BCUT2D eigenvalue weighted by atomic mass is 32.1. The first-order valence-corrected chi connectivity index (χ1v) is 17.9. The first-order chi connectivity index (χ1) is 24.6. The molecule has 0 amide bonds. The van der Waals surface area contributed by atoms with Gasteiger partial charge in [0.15, 0.2) is 0 Å². The second-order valence-corrected chi connectivity index (χ2v) is 13.7. The van der Waals surface area contributed by atoms with E-state index in [1.54, 1.807) is 18.4 Å². The first-order valence-electron chi connectivity index (χ1n) is 17.1. The van der Waals surface area contributed by atoms with Gasteiger partial charge < -0.3 is 23.7 Å². The van der Waals surface area contributed by atoms with Crippen LogP contribution in [0.3, 0.4) is 0 Å². The quantitative estimate of drug-likeness (QED) is 0.114. The average molecular weight is 683 g/mol. The lowest BCUT2D eigenvalue weighted by molar-refractivity contribution is -0.142. The fourth-order valence-electron chi connectivity index (χ4n) is 6.44. The van der Waals surface area contributed by atoms with Gasteiger partial charge in [0, 0.05) is 39.6 Å². The molecule has 1 aliphatic rings. The van der Waals surface area contributed by atoms with Gasteiger partial charge in [0.05, 0.1) is 45.2 Å². The van der Waals surface area contributed by atoms with Crippen LogP contribution in [0.4, 0.5) is 0 Å². The molecule has 5 aromatic carbocycles. The smallest absolute Gasteiger partial charge is 0.130 e. The molecule has 0 aliphatic carbocycles. The van der Waals surface area contributed by atoms with E-state index in [0.717, 1.165) is 50.4 Å². The minimum Gasteiger partial charge on any atom is -0.496 e. The van der Waals surface area contributed by atoms with E-state index in [1.165, 1.54) is 10.1 Å². The molecule has 6 aromatic rings. The molecular weight excluding hydrogens is 641 g/mol. The zero-order valence-corrected chi connectivity index (χ0v) is 29.1. The van der Waals surface area contributed by atoms with E-state index < -0.39 is 0 Å². The fraction of sp³-hybridized carbons (Fsp3) is 0.227. The van der Waals surface area contributed by atoms with Crippen molar-refractivity contribution < 1.29 is 23.7 Å². The summed E-state index contributed by atoms with van der Waals surface area (Å²) in [7, 11) is 1.70. The number of benzene rings is 5. The highest BCUT2D eigenvalue weighted by Crippen LogP contribution is 2.44. The molecule has 6 heteroatoms. The predicted molar refractivity (Wildman–Crippen MR) is 202 cm³/mol. The van der Waals surface area contributed by atoms with Crippen molar-refractivity contribution in [3.8, 4) is 11.5 Å². The molecule has 1 aliphatic heterocycles. The Hall–Kier alpha value is -4.72. The van der Waals surface area contributed by atoms with E-state index in [2.05, 4.69) is 79.4 Å². The van der Waals surface area contributed by atoms with Gasteiger partial charge in [0.2, 0.25) is 0 Å². The maximum atomic E-state index is 6.89. The van der Waals surface area contributed by atoms with Crippen LogP contribution in [-0.2, 0) is 34.0 Å². The SMILES string of the molecule is C=C(c1cc2ccccc2s1)c1cc(C2CC(OCc3ccccc3)CC(COCc3ccccc3)O2)c(OCc2ccccc2)cc1OC. The molecule has 2 heterocycles. The molecule has 50 heavy (non-hydrogen) atoms. The first kappa shape index (κ1) is 33.8. The Morgan fingerprint density at radius 1 is 0.720 bits per heavy atom. The maximum Gasteiger partial charge on any atom is 0.130 e. The Labute approximate surface area is 298 Å². The molecular formula is C44H42O5S. The van der Waals surface area contributed by atoms with Crippen molar-refractivity contribution in [2.45, 2.75) is 51.0 Å². The minimum atomic E-state index is -0.305. The molecule has 0 saturated carbocycles. The normalized spacial score (nSPS) is 17.4. The van der Waals surface area contributed by atoms with Crippen LogP contribution in [0.25, 0.3) is 15.7 Å². The van der Waals surface area contributed by atoms with Crippen LogP contribution in [0.15, 0.2) is 140 Å². The zero-order valence-electron chi connectivity index (χ0n) is 28.3. The predicted octanol–water partition coefficient (Wildman–Crippen LogP) is 10.6. The summed E-state index contributed by atoms with van der Waals surface area (Å²) in [6.07, 6.45) is 0.885. The van der Waals surface area contributed by atoms with E-state index in [1.807, 2.05) is 60.7 Å². The van der Waals surface area contributed by atoms with Gasteiger partial charge in [-0.2, -0.15) is 0 Å². The molecule has 7 rings (SSSR count). The number of hydrogen-bond acceptors (Lipinski definition) is 6. The Morgan fingerprint density at radius 2 is 1.36 bits per heavy atom. The third kappa shape index (κ3) is 8.35. The number of methoxy groups -OCH3 is 1. The van der Waals surface area contributed by atoms with Crippen molar-refractivity contribution in [2.75, 3.05) is 13.7 Å². The lowest BCUT2D eigenvalue weighted by Gasteiger charge is -2.36. The standard InChI is InChI=1S/C44H42O5S/c1-31(44-22-35-20-12-13-21-43(35)50-44)38-25-39(41(26-40(38)45-2)48-29-34-18-10-5-11-19-34)42-24-36(47-28-33-16-8-4-9-17-33)23-37(49-42)30-46-27-32-14-6-3-7-15-32/h3-22,25-26,36-37,42H,1,23-24,27-30H2,2H3. The zero-order chi connectivity index (χ0) is 34.1. The van der Waals surface area contributed by atoms with Crippen LogP contribution in [-0.4, -0.2) is 25.9 Å². The van der Waals surface area contributed by atoms with Gasteiger partial charge in [-0.15, -0.1) is 11.3 Å². The van der Waals surface area contributed by atoms with E-state index in [0.29, 0.717) is 38.6 Å². The summed E-state index contributed by atoms with van der Waals surface area (Å²) in [6.45, 7) is 6.50.